The minimum atomic E-state index is -0.387. The summed E-state index contributed by atoms with van der Waals surface area (Å²) in [5, 5.41) is 0. The van der Waals surface area contributed by atoms with Crippen LogP contribution in [-0.2, 0) is 20.7 Å². The van der Waals surface area contributed by atoms with Crippen molar-refractivity contribution in [2.45, 2.75) is 12.5 Å². The Labute approximate surface area is 160 Å². The van der Waals surface area contributed by atoms with Crippen LogP contribution in [0.2, 0.25) is 0 Å². The highest BCUT2D eigenvalue weighted by atomic mass is 32.1. The first-order valence-corrected chi connectivity index (χ1v) is 9.46. The largest absolute Gasteiger partial charge is 0.444 e. The topological polar surface area (TPSA) is 76.2 Å². The third-order valence-electron chi connectivity index (χ3n) is 4.56. The van der Waals surface area contributed by atoms with E-state index >= 15 is 0 Å². The standard InChI is InChI=1S/C19H18N2O5S/c22-11-17-6-5-16(27-17)9-15-10-21(19(24)26-15)14-3-1-13(2-4-14)20-7-8-25-12-18(20)23/h1-6,11,15H,7-10,12H2/t15-/m0/s1. The number of carbonyl (C=O) groups excluding carboxylic acids is 3. The molecule has 0 unspecified atom stereocenters. The van der Waals surface area contributed by atoms with Crippen LogP contribution in [0, 0.1) is 0 Å². The summed E-state index contributed by atoms with van der Waals surface area (Å²) in [5.74, 6) is -0.0692. The lowest BCUT2D eigenvalue weighted by Gasteiger charge is -2.27. The molecule has 1 atom stereocenters. The Morgan fingerprint density at radius 3 is 2.48 bits per heavy atom. The molecule has 27 heavy (non-hydrogen) atoms. The van der Waals surface area contributed by atoms with Gasteiger partial charge in [-0.05, 0) is 36.4 Å². The first-order valence-electron chi connectivity index (χ1n) is 8.64. The van der Waals surface area contributed by atoms with E-state index in [9.17, 15) is 14.4 Å². The number of aldehydes is 1. The number of hydrogen-bond donors (Lipinski definition) is 0. The van der Waals surface area contributed by atoms with Gasteiger partial charge in [0.05, 0.1) is 18.0 Å². The number of thiophene rings is 1. The minimum absolute atomic E-state index is 0.0692. The highest BCUT2D eigenvalue weighted by Crippen LogP contribution is 2.27. The van der Waals surface area contributed by atoms with Gasteiger partial charge in [-0.25, -0.2) is 4.79 Å². The van der Waals surface area contributed by atoms with Gasteiger partial charge in [0, 0.05) is 29.2 Å². The molecule has 2 fully saturated rings. The predicted octanol–water partition coefficient (Wildman–Crippen LogP) is 2.49. The van der Waals surface area contributed by atoms with Crippen molar-refractivity contribution in [3.05, 3.63) is 46.2 Å². The number of nitrogens with zero attached hydrogens (tertiary/aromatic N) is 2. The van der Waals surface area contributed by atoms with Crippen molar-refractivity contribution in [2.75, 3.05) is 36.1 Å². The van der Waals surface area contributed by atoms with Crippen LogP contribution in [0.15, 0.2) is 36.4 Å². The zero-order valence-electron chi connectivity index (χ0n) is 14.5. The van der Waals surface area contributed by atoms with Gasteiger partial charge < -0.3 is 14.4 Å². The highest BCUT2D eigenvalue weighted by molar-refractivity contribution is 7.13. The highest BCUT2D eigenvalue weighted by Gasteiger charge is 2.33. The Morgan fingerprint density at radius 2 is 1.81 bits per heavy atom. The van der Waals surface area contributed by atoms with Crippen molar-refractivity contribution in [1.29, 1.82) is 0 Å². The zero-order valence-corrected chi connectivity index (χ0v) is 15.3. The second-order valence-corrected chi connectivity index (χ2v) is 7.56. The van der Waals surface area contributed by atoms with E-state index in [-0.39, 0.29) is 24.7 Å². The monoisotopic (exact) mass is 386 g/mol. The lowest BCUT2D eigenvalue weighted by atomic mass is 10.2. The lowest BCUT2D eigenvalue weighted by Crippen LogP contribution is -2.41. The molecule has 1 aromatic heterocycles. The van der Waals surface area contributed by atoms with Gasteiger partial charge in [0.1, 0.15) is 12.7 Å². The van der Waals surface area contributed by atoms with E-state index in [0.717, 1.165) is 22.5 Å². The van der Waals surface area contributed by atoms with Gasteiger partial charge in [0.15, 0.2) is 6.29 Å². The summed E-state index contributed by atoms with van der Waals surface area (Å²) in [6.45, 7) is 1.58. The van der Waals surface area contributed by atoms with E-state index in [4.69, 9.17) is 9.47 Å². The molecule has 7 nitrogen and oxygen atoms in total. The van der Waals surface area contributed by atoms with Gasteiger partial charge >= 0.3 is 6.09 Å². The number of rotatable bonds is 5. The van der Waals surface area contributed by atoms with Crippen molar-refractivity contribution in [3.63, 3.8) is 0 Å². The van der Waals surface area contributed by atoms with Gasteiger partial charge in [-0.2, -0.15) is 0 Å². The molecule has 2 aliphatic heterocycles. The van der Waals surface area contributed by atoms with E-state index in [2.05, 4.69) is 0 Å². The molecule has 2 saturated heterocycles. The van der Waals surface area contributed by atoms with Crippen LogP contribution in [0.1, 0.15) is 14.5 Å². The molecule has 0 radical (unpaired) electrons. The molecule has 2 aliphatic rings. The molecule has 0 bridgehead atoms. The lowest BCUT2D eigenvalue weighted by molar-refractivity contribution is -0.125. The molecule has 140 valence electrons. The number of amides is 2. The van der Waals surface area contributed by atoms with Crippen molar-refractivity contribution < 1.29 is 23.9 Å². The molecule has 0 N–H and O–H groups in total. The first-order chi connectivity index (χ1) is 13.1. The van der Waals surface area contributed by atoms with Gasteiger partial charge in [-0.1, -0.05) is 0 Å². The Morgan fingerprint density at radius 1 is 1.07 bits per heavy atom. The number of morpholine rings is 1. The molecule has 0 saturated carbocycles. The maximum atomic E-state index is 12.2. The summed E-state index contributed by atoms with van der Waals surface area (Å²) in [4.78, 5) is 39.9. The van der Waals surface area contributed by atoms with Crippen molar-refractivity contribution in [1.82, 2.24) is 0 Å². The van der Waals surface area contributed by atoms with Gasteiger partial charge in [0.25, 0.3) is 5.91 Å². The quantitative estimate of drug-likeness (QED) is 0.738. The maximum Gasteiger partial charge on any atom is 0.414 e. The van der Waals surface area contributed by atoms with E-state index < -0.39 is 0 Å². The summed E-state index contributed by atoms with van der Waals surface area (Å²) >= 11 is 1.41. The molecule has 2 amide bonds. The summed E-state index contributed by atoms with van der Waals surface area (Å²) in [5.41, 5.74) is 1.52. The van der Waals surface area contributed by atoms with Crippen LogP contribution in [-0.4, -0.2) is 50.7 Å². The van der Waals surface area contributed by atoms with Crippen LogP contribution < -0.4 is 9.80 Å². The van der Waals surface area contributed by atoms with Gasteiger partial charge in [0.2, 0.25) is 0 Å². The number of anilines is 2. The van der Waals surface area contributed by atoms with Crippen molar-refractivity contribution in [2.24, 2.45) is 0 Å². The normalized spacial score (nSPS) is 20.1. The van der Waals surface area contributed by atoms with Crippen LogP contribution in [0.3, 0.4) is 0 Å². The van der Waals surface area contributed by atoms with E-state index in [1.807, 2.05) is 30.3 Å². The summed E-state index contributed by atoms with van der Waals surface area (Å²) in [7, 11) is 0. The van der Waals surface area contributed by atoms with Crippen LogP contribution in [0.5, 0.6) is 0 Å². The second kappa shape index (κ2) is 7.50. The zero-order chi connectivity index (χ0) is 18.8. The van der Waals surface area contributed by atoms with E-state index in [1.165, 1.54) is 11.3 Å². The van der Waals surface area contributed by atoms with E-state index in [1.54, 1.807) is 15.9 Å². The molecule has 1 aromatic carbocycles. The van der Waals surface area contributed by atoms with Crippen molar-refractivity contribution in [3.8, 4) is 0 Å². The number of ether oxygens (including phenoxy) is 2. The number of cyclic esters (lactones) is 1. The molecular weight excluding hydrogens is 368 g/mol. The molecule has 4 rings (SSSR count). The SMILES string of the molecule is O=Cc1ccc(C[C@H]2CN(c3ccc(N4CCOCC4=O)cc3)C(=O)O2)s1. The molecule has 0 spiro atoms. The molecule has 0 aliphatic carbocycles. The Balaban J connectivity index is 1.43. The first kappa shape index (κ1) is 17.7. The minimum Gasteiger partial charge on any atom is -0.444 e. The maximum absolute atomic E-state index is 12.2. The van der Waals surface area contributed by atoms with Crippen molar-refractivity contribution >= 4 is 41.0 Å². The third-order valence-corrected chi connectivity index (χ3v) is 5.59. The smallest absolute Gasteiger partial charge is 0.414 e. The van der Waals surface area contributed by atoms with Gasteiger partial charge in [-0.15, -0.1) is 11.3 Å². The summed E-state index contributed by atoms with van der Waals surface area (Å²) in [6, 6.07) is 10.9. The fourth-order valence-electron chi connectivity index (χ4n) is 3.23. The van der Waals surface area contributed by atoms with Gasteiger partial charge in [-0.3, -0.25) is 14.5 Å². The fourth-order valence-corrected chi connectivity index (χ4v) is 4.13. The second-order valence-electron chi connectivity index (χ2n) is 6.36. The summed E-state index contributed by atoms with van der Waals surface area (Å²) in [6.07, 6.45) is 0.765. The average Bonchev–Trinajstić information content (AvgIpc) is 3.29. The molecule has 8 heteroatoms. The molecule has 3 heterocycles. The molecular formula is C19H18N2O5S. The van der Waals surface area contributed by atoms with Crippen LogP contribution >= 0.6 is 11.3 Å². The number of carbonyl (C=O) groups is 3. The molecule has 2 aromatic rings. The van der Waals surface area contributed by atoms with Crippen LogP contribution in [0.25, 0.3) is 0 Å². The fraction of sp³-hybridized carbons (Fsp3) is 0.316. The number of benzene rings is 1. The Kier molecular flexibility index (Phi) is 4.91. The summed E-state index contributed by atoms with van der Waals surface area (Å²) < 4.78 is 10.6. The average molecular weight is 386 g/mol. The number of hydrogen-bond acceptors (Lipinski definition) is 6. The van der Waals surface area contributed by atoms with E-state index in [0.29, 0.717) is 31.0 Å². The Bertz CT molecular complexity index is 863. The predicted molar refractivity (Wildman–Crippen MR) is 101 cm³/mol. The Hall–Kier alpha value is -2.71. The van der Waals surface area contributed by atoms with Crippen LogP contribution in [0.4, 0.5) is 16.2 Å². The third kappa shape index (κ3) is 3.72.